The maximum Gasteiger partial charge on any atom is 0.179 e. The molecule has 0 radical (unpaired) electrons. The molecule has 100 valence electrons. The summed E-state index contributed by atoms with van der Waals surface area (Å²) in [6, 6.07) is 4.97. The highest BCUT2D eigenvalue weighted by Gasteiger charge is 2.11. The van der Waals surface area contributed by atoms with Gasteiger partial charge in [-0.3, -0.25) is 9.48 Å². The van der Waals surface area contributed by atoms with Gasteiger partial charge in [0.2, 0.25) is 0 Å². The number of carbonyl (C=O) groups is 1. The number of rotatable bonds is 6. The summed E-state index contributed by atoms with van der Waals surface area (Å²) in [4.78, 5) is 10.7. The topological polar surface area (TPSA) is 53.4 Å². The number of carbonyl (C=O) groups excluding carboxylic acids is 1. The van der Waals surface area contributed by atoms with Crippen LogP contribution in [0.2, 0.25) is 5.02 Å². The van der Waals surface area contributed by atoms with Gasteiger partial charge in [-0.15, -0.1) is 0 Å². The fourth-order valence-corrected chi connectivity index (χ4v) is 1.90. The van der Waals surface area contributed by atoms with E-state index in [2.05, 4.69) is 5.10 Å². The molecule has 0 atom stereocenters. The second-order valence-electron chi connectivity index (χ2n) is 3.77. The molecule has 1 heterocycles. The lowest BCUT2D eigenvalue weighted by atomic mass is 10.2. The normalized spacial score (nSPS) is 10.2. The van der Waals surface area contributed by atoms with Gasteiger partial charge in [0.25, 0.3) is 0 Å². The van der Waals surface area contributed by atoms with Gasteiger partial charge in [0, 0.05) is 18.0 Å². The van der Waals surface area contributed by atoms with E-state index < -0.39 is 0 Å². The highest BCUT2D eigenvalue weighted by atomic mass is 35.5. The van der Waals surface area contributed by atoms with E-state index in [0.717, 1.165) is 0 Å². The van der Waals surface area contributed by atoms with E-state index >= 15 is 0 Å². The first-order valence-corrected chi connectivity index (χ1v) is 6.05. The number of methoxy groups -OCH3 is 1. The number of hydrogen-bond acceptors (Lipinski definition) is 4. The van der Waals surface area contributed by atoms with Crippen LogP contribution in [-0.4, -0.2) is 29.8 Å². The summed E-state index contributed by atoms with van der Waals surface area (Å²) in [7, 11) is 1.50. The average molecular weight is 281 g/mol. The molecule has 2 aromatic rings. The number of hydrogen-bond donors (Lipinski definition) is 0. The van der Waals surface area contributed by atoms with Crippen LogP contribution in [0.15, 0.2) is 30.6 Å². The lowest BCUT2D eigenvalue weighted by molar-refractivity contribution is 0.112. The van der Waals surface area contributed by atoms with E-state index in [-0.39, 0.29) is 0 Å². The minimum atomic E-state index is 0.349. The Morgan fingerprint density at radius 2 is 2.32 bits per heavy atom. The van der Waals surface area contributed by atoms with Crippen LogP contribution in [0.3, 0.4) is 0 Å². The average Bonchev–Trinajstić information content (AvgIpc) is 2.93. The van der Waals surface area contributed by atoms with Crippen LogP contribution in [0.25, 0.3) is 0 Å². The molecule has 19 heavy (non-hydrogen) atoms. The molecule has 1 aromatic carbocycles. The third kappa shape index (κ3) is 3.26. The molecule has 0 N–H and O–H groups in total. The van der Waals surface area contributed by atoms with Crippen LogP contribution >= 0.6 is 11.6 Å². The second kappa shape index (κ2) is 6.24. The first-order chi connectivity index (χ1) is 9.24. The van der Waals surface area contributed by atoms with E-state index in [9.17, 15) is 4.79 Å². The highest BCUT2D eigenvalue weighted by molar-refractivity contribution is 6.32. The maximum absolute atomic E-state index is 10.7. The molecule has 0 aliphatic rings. The fraction of sp³-hybridized carbons (Fsp3) is 0.231. The predicted octanol–water partition coefficient (Wildman–Crippen LogP) is 2.44. The number of benzene rings is 1. The summed E-state index contributed by atoms with van der Waals surface area (Å²) in [6.07, 6.45) is 4.26. The standard InChI is InChI=1S/C13H13ClN2O3/c1-18-12-8-10(9-17)7-11(14)13(12)19-6-5-16-4-2-3-15-16/h2-4,7-9H,5-6H2,1H3. The minimum absolute atomic E-state index is 0.349. The first-order valence-electron chi connectivity index (χ1n) is 5.67. The monoisotopic (exact) mass is 280 g/mol. The number of ether oxygens (including phenoxy) is 2. The summed E-state index contributed by atoms with van der Waals surface area (Å²) < 4.78 is 12.5. The lowest BCUT2D eigenvalue weighted by Gasteiger charge is -2.13. The van der Waals surface area contributed by atoms with Gasteiger partial charge >= 0.3 is 0 Å². The van der Waals surface area contributed by atoms with Gasteiger partial charge in [-0.1, -0.05) is 11.6 Å². The molecule has 0 aliphatic carbocycles. The summed E-state index contributed by atoms with van der Waals surface area (Å²) in [6.45, 7) is 1.00. The quantitative estimate of drug-likeness (QED) is 0.763. The Labute approximate surface area is 115 Å². The Morgan fingerprint density at radius 3 is 2.95 bits per heavy atom. The molecular formula is C13H13ClN2O3. The van der Waals surface area contributed by atoms with Crippen molar-refractivity contribution in [3.63, 3.8) is 0 Å². The SMILES string of the molecule is COc1cc(C=O)cc(Cl)c1OCCn1cccn1. The Morgan fingerprint density at radius 1 is 1.47 bits per heavy atom. The molecule has 5 nitrogen and oxygen atoms in total. The molecule has 0 bridgehead atoms. The van der Waals surface area contributed by atoms with Crippen LogP contribution in [0.4, 0.5) is 0 Å². The van der Waals surface area contributed by atoms with Crippen LogP contribution in [-0.2, 0) is 6.54 Å². The zero-order valence-corrected chi connectivity index (χ0v) is 11.1. The smallest absolute Gasteiger partial charge is 0.179 e. The number of aldehydes is 1. The van der Waals surface area contributed by atoms with Gasteiger partial charge in [-0.25, -0.2) is 0 Å². The van der Waals surface area contributed by atoms with Crippen molar-refractivity contribution in [1.82, 2.24) is 9.78 Å². The van der Waals surface area contributed by atoms with Crippen molar-refractivity contribution in [1.29, 1.82) is 0 Å². The summed E-state index contributed by atoms with van der Waals surface area (Å²) >= 11 is 6.07. The molecule has 0 saturated heterocycles. The van der Waals surface area contributed by atoms with E-state index in [4.69, 9.17) is 21.1 Å². The van der Waals surface area contributed by atoms with Crippen LogP contribution in [0, 0.1) is 0 Å². The van der Waals surface area contributed by atoms with Crippen LogP contribution in [0.1, 0.15) is 10.4 Å². The minimum Gasteiger partial charge on any atom is -0.493 e. The first kappa shape index (κ1) is 13.4. The largest absolute Gasteiger partial charge is 0.493 e. The van der Waals surface area contributed by atoms with Gasteiger partial charge in [0.1, 0.15) is 12.9 Å². The highest BCUT2D eigenvalue weighted by Crippen LogP contribution is 2.35. The zero-order chi connectivity index (χ0) is 13.7. The summed E-state index contributed by atoms with van der Waals surface area (Å²) in [5.74, 6) is 0.872. The van der Waals surface area contributed by atoms with Crippen molar-refractivity contribution in [3.8, 4) is 11.5 Å². The van der Waals surface area contributed by atoms with Gasteiger partial charge < -0.3 is 9.47 Å². The van der Waals surface area contributed by atoms with Crippen molar-refractivity contribution < 1.29 is 14.3 Å². The number of aromatic nitrogens is 2. The van der Waals surface area contributed by atoms with Gasteiger partial charge in [-0.2, -0.15) is 5.10 Å². The number of halogens is 1. The molecule has 0 saturated carbocycles. The van der Waals surface area contributed by atoms with Crippen LogP contribution in [0.5, 0.6) is 11.5 Å². The van der Waals surface area contributed by atoms with E-state index in [1.165, 1.54) is 7.11 Å². The Balaban J connectivity index is 2.08. The lowest BCUT2D eigenvalue weighted by Crippen LogP contribution is -2.09. The molecule has 2 rings (SSSR count). The third-order valence-corrected chi connectivity index (χ3v) is 2.79. The molecule has 1 aromatic heterocycles. The van der Waals surface area contributed by atoms with Gasteiger partial charge in [-0.05, 0) is 18.2 Å². The van der Waals surface area contributed by atoms with Crippen molar-refractivity contribution in [2.45, 2.75) is 6.54 Å². The Kier molecular flexibility index (Phi) is 4.41. The molecule has 0 fully saturated rings. The third-order valence-electron chi connectivity index (χ3n) is 2.51. The van der Waals surface area contributed by atoms with Crippen molar-refractivity contribution in [2.75, 3.05) is 13.7 Å². The van der Waals surface area contributed by atoms with Crippen molar-refractivity contribution in [2.24, 2.45) is 0 Å². The molecule has 6 heteroatoms. The molecule has 0 aliphatic heterocycles. The van der Waals surface area contributed by atoms with Crippen molar-refractivity contribution in [3.05, 3.63) is 41.2 Å². The van der Waals surface area contributed by atoms with Gasteiger partial charge in [0.15, 0.2) is 11.5 Å². The fourth-order valence-electron chi connectivity index (χ4n) is 1.62. The van der Waals surface area contributed by atoms with Gasteiger partial charge in [0.05, 0.1) is 18.7 Å². The summed E-state index contributed by atoms with van der Waals surface area (Å²) in [5.41, 5.74) is 0.446. The van der Waals surface area contributed by atoms with E-state index in [0.29, 0.717) is 41.5 Å². The van der Waals surface area contributed by atoms with E-state index in [1.54, 1.807) is 23.0 Å². The maximum atomic E-state index is 10.7. The molecule has 0 unspecified atom stereocenters. The van der Waals surface area contributed by atoms with Crippen LogP contribution < -0.4 is 9.47 Å². The van der Waals surface area contributed by atoms with E-state index in [1.807, 2.05) is 12.3 Å². The molecule has 0 spiro atoms. The van der Waals surface area contributed by atoms with Crippen molar-refractivity contribution >= 4 is 17.9 Å². The number of nitrogens with zero attached hydrogens (tertiary/aromatic N) is 2. The Hall–Kier alpha value is -2.01. The zero-order valence-electron chi connectivity index (χ0n) is 10.4. The Bertz CT molecular complexity index is 555. The molecule has 0 amide bonds. The molecular weight excluding hydrogens is 268 g/mol. The predicted molar refractivity (Wildman–Crippen MR) is 71.1 cm³/mol. The second-order valence-corrected chi connectivity index (χ2v) is 4.18. The summed E-state index contributed by atoms with van der Waals surface area (Å²) in [5, 5.41) is 4.41.